The molecule has 1 heterocycles. The average molecular weight is 322 g/mol. The SMILES string of the molecule is COc1cc2cnn(-c3c(Cl)cc(N)cc3Cl)c2cc1C. The van der Waals surface area contributed by atoms with Crippen molar-refractivity contribution in [2.45, 2.75) is 6.92 Å². The molecule has 0 saturated carbocycles. The van der Waals surface area contributed by atoms with E-state index in [-0.39, 0.29) is 0 Å². The molecule has 21 heavy (non-hydrogen) atoms. The van der Waals surface area contributed by atoms with Gasteiger partial charge in [-0.05, 0) is 36.8 Å². The van der Waals surface area contributed by atoms with Crippen LogP contribution in [-0.4, -0.2) is 16.9 Å². The lowest BCUT2D eigenvalue weighted by Gasteiger charge is -2.11. The fourth-order valence-corrected chi connectivity index (χ4v) is 3.01. The van der Waals surface area contributed by atoms with Gasteiger partial charge in [-0.3, -0.25) is 0 Å². The lowest BCUT2D eigenvalue weighted by atomic mass is 10.1. The van der Waals surface area contributed by atoms with E-state index in [1.165, 1.54) is 0 Å². The third kappa shape index (κ3) is 2.30. The van der Waals surface area contributed by atoms with Gasteiger partial charge in [-0.15, -0.1) is 0 Å². The predicted molar refractivity (Wildman–Crippen MR) is 86.8 cm³/mol. The molecule has 3 aromatic rings. The van der Waals surface area contributed by atoms with E-state index in [9.17, 15) is 0 Å². The van der Waals surface area contributed by atoms with Crippen LogP contribution < -0.4 is 10.5 Å². The monoisotopic (exact) mass is 321 g/mol. The van der Waals surface area contributed by atoms with Gasteiger partial charge in [0.25, 0.3) is 0 Å². The zero-order chi connectivity index (χ0) is 15.1. The van der Waals surface area contributed by atoms with Gasteiger partial charge in [-0.2, -0.15) is 5.10 Å². The maximum absolute atomic E-state index is 6.27. The molecule has 2 N–H and O–H groups in total. The third-order valence-electron chi connectivity index (χ3n) is 3.34. The predicted octanol–water partition coefficient (Wildman–Crippen LogP) is 4.23. The van der Waals surface area contributed by atoms with E-state index in [1.54, 1.807) is 30.1 Å². The number of hydrogen-bond donors (Lipinski definition) is 1. The molecule has 0 aliphatic heterocycles. The molecule has 0 radical (unpaired) electrons. The first-order valence-corrected chi connectivity index (χ1v) is 7.04. The molecular weight excluding hydrogens is 309 g/mol. The molecule has 4 nitrogen and oxygen atoms in total. The van der Waals surface area contributed by atoms with Gasteiger partial charge >= 0.3 is 0 Å². The highest BCUT2D eigenvalue weighted by Crippen LogP contribution is 2.34. The van der Waals surface area contributed by atoms with E-state index < -0.39 is 0 Å². The van der Waals surface area contributed by atoms with E-state index in [2.05, 4.69) is 5.10 Å². The number of methoxy groups -OCH3 is 1. The highest BCUT2D eigenvalue weighted by atomic mass is 35.5. The molecule has 0 fully saturated rings. The van der Waals surface area contributed by atoms with Crippen molar-refractivity contribution in [2.24, 2.45) is 0 Å². The van der Waals surface area contributed by atoms with Crippen molar-refractivity contribution in [1.82, 2.24) is 9.78 Å². The van der Waals surface area contributed by atoms with Crippen molar-refractivity contribution in [3.63, 3.8) is 0 Å². The summed E-state index contributed by atoms with van der Waals surface area (Å²) in [7, 11) is 1.65. The van der Waals surface area contributed by atoms with Gasteiger partial charge in [0.15, 0.2) is 0 Å². The Labute approximate surface area is 132 Å². The van der Waals surface area contributed by atoms with E-state index in [1.807, 2.05) is 19.1 Å². The van der Waals surface area contributed by atoms with E-state index in [0.29, 0.717) is 21.4 Å². The van der Waals surface area contributed by atoms with Gasteiger partial charge in [0.1, 0.15) is 11.4 Å². The molecule has 0 spiro atoms. The molecule has 2 aromatic carbocycles. The van der Waals surface area contributed by atoms with Gasteiger partial charge in [0, 0.05) is 11.1 Å². The second-order valence-corrected chi connectivity index (χ2v) is 5.58. The normalized spacial score (nSPS) is 11.0. The number of aromatic nitrogens is 2. The zero-order valence-electron chi connectivity index (χ0n) is 11.5. The number of anilines is 1. The van der Waals surface area contributed by atoms with Crippen LogP contribution in [0.2, 0.25) is 10.0 Å². The second kappa shape index (κ2) is 5.13. The Kier molecular flexibility index (Phi) is 3.43. The molecule has 6 heteroatoms. The first-order valence-electron chi connectivity index (χ1n) is 6.28. The minimum absolute atomic E-state index is 0.457. The Balaban J connectivity index is 2.29. The number of aryl methyl sites for hydroxylation is 1. The fraction of sp³-hybridized carbons (Fsp3) is 0.133. The molecule has 0 aliphatic carbocycles. The number of nitrogens with zero attached hydrogens (tertiary/aromatic N) is 2. The lowest BCUT2D eigenvalue weighted by Crippen LogP contribution is -2.00. The maximum atomic E-state index is 6.27. The molecule has 0 saturated heterocycles. The Morgan fingerprint density at radius 3 is 2.43 bits per heavy atom. The minimum Gasteiger partial charge on any atom is -0.496 e. The first-order chi connectivity index (χ1) is 10.0. The van der Waals surface area contributed by atoms with Crippen molar-refractivity contribution >= 4 is 39.8 Å². The second-order valence-electron chi connectivity index (χ2n) is 4.77. The van der Waals surface area contributed by atoms with Crippen LogP contribution in [0.5, 0.6) is 5.75 Å². The molecule has 0 unspecified atom stereocenters. The van der Waals surface area contributed by atoms with Crippen LogP contribution >= 0.6 is 23.2 Å². The maximum Gasteiger partial charge on any atom is 0.122 e. The van der Waals surface area contributed by atoms with Crippen LogP contribution in [-0.2, 0) is 0 Å². The van der Waals surface area contributed by atoms with Gasteiger partial charge in [-0.25, -0.2) is 4.68 Å². The van der Waals surface area contributed by atoms with Crippen molar-refractivity contribution in [3.8, 4) is 11.4 Å². The van der Waals surface area contributed by atoms with E-state index in [4.69, 9.17) is 33.7 Å². The Bertz CT molecular complexity index is 819. The zero-order valence-corrected chi connectivity index (χ0v) is 13.0. The van der Waals surface area contributed by atoms with E-state index in [0.717, 1.165) is 22.2 Å². The number of nitrogen functional groups attached to an aromatic ring is 1. The number of halogens is 2. The number of nitrogens with two attached hydrogens (primary N) is 1. The van der Waals surface area contributed by atoms with Gasteiger partial charge < -0.3 is 10.5 Å². The Morgan fingerprint density at radius 1 is 1.14 bits per heavy atom. The fourth-order valence-electron chi connectivity index (χ4n) is 2.34. The summed E-state index contributed by atoms with van der Waals surface area (Å²) in [5.74, 6) is 0.816. The summed E-state index contributed by atoms with van der Waals surface area (Å²) in [5, 5.41) is 6.24. The minimum atomic E-state index is 0.457. The summed E-state index contributed by atoms with van der Waals surface area (Å²) in [4.78, 5) is 0. The largest absolute Gasteiger partial charge is 0.496 e. The number of benzene rings is 2. The standard InChI is InChI=1S/C15H13Cl2N3O/c1-8-3-13-9(4-14(8)21-2)7-19-20(13)15-11(16)5-10(18)6-12(15)17/h3-7H,18H2,1-2H3. The highest BCUT2D eigenvalue weighted by molar-refractivity contribution is 6.38. The summed E-state index contributed by atoms with van der Waals surface area (Å²) in [6.45, 7) is 1.97. The molecule has 108 valence electrons. The van der Waals surface area contributed by atoms with Crippen LogP contribution in [0, 0.1) is 6.92 Å². The van der Waals surface area contributed by atoms with Crippen molar-refractivity contribution in [2.75, 3.05) is 12.8 Å². The Morgan fingerprint density at radius 2 is 1.81 bits per heavy atom. The van der Waals surface area contributed by atoms with Gasteiger partial charge in [0.05, 0.1) is 28.9 Å². The molecule has 0 bridgehead atoms. The van der Waals surface area contributed by atoms with Crippen LogP contribution in [0.1, 0.15) is 5.56 Å². The Hall–Kier alpha value is -1.91. The number of hydrogen-bond acceptors (Lipinski definition) is 3. The number of rotatable bonds is 2. The topological polar surface area (TPSA) is 53.1 Å². The van der Waals surface area contributed by atoms with Gasteiger partial charge in [-0.1, -0.05) is 23.2 Å². The number of ether oxygens (including phenoxy) is 1. The molecule has 0 aliphatic rings. The highest BCUT2D eigenvalue weighted by Gasteiger charge is 2.14. The smallest absolute Gasteiger partial charge is 0.122 e. The average Bonchev–Trinajstić information content (AvgIpc) is 2.79. The molecule has 3 rings (SSSR count). The summed E-state index contributed by atoms with van der Waals surface area (Å²) >= 11 is 12.5. The third-order valence-corrected chi connectivity index (χ3v) is 3.91. The molecule has 1 aromatic heterocycles. The van der Waals surface area contributed by atoms with Gasteiger partial charge in [0.2, 0.25) is 0 Å². The first kappa shape index (κ1) is 14.0. The van der Waals surface area contributed by atoms with Crippen LogP contribution in [0.4, 0.5) is 5.69 Å². The van der Waals surface area contributed by atoms with Crippen LogP contribution in [0.3, 0.4) is 0 Å². The van der Waals surface area contributed by atoms with Crippen LogP contribution in [0.25, 0.3) is 16.6 Å². The summed E-state index contributed by atoms with van der Waals surface area (Å²) < 4.78 is 7.04. The lowest BCUT2D eigenvalue weighted by molar-refractivity contribution is 0.412. The van der Waals surface area contributed by atoms with Crippen LogP contribution in [0.15, 0.2) is 30.5 Å². The van der Waals surface area contributed by atoms with Crippen molar-refractivity contribution in [3.05, 3.63) is 46.1 Å². The van der Waals surface area contributed by atoms with Crippen molar-refractivity contribution in [1.29, 1.82) is 0 Å². The molecular formula is C15H13Cl2N3O. The summed E-state index contributed by atoms with van der Waals surface area (Å²) in [5.41, 5.74) is 8.79. The summed E-state index contributed by atoms with van der Waals surface area (Å²) in [6.07, 6.45) is 1.75. The molecule has 0 atom stereocenters. The molecule has 0 amide bonds. The van der Waals surface area contributed by atoms with E-state index >= 15 is 0 Å². The quantitative estimate of drug-likeness (QED) is 0.718. The summed E-state index contributed by atoms with van der Waals surface area (Å²) in [6, 6.07) is 7.25. The number of fused-ring (bicyclic) bond motifs is 1. The van der Waals surface area contributed by atoms with Crippen molar-refractivity contribution < 1.29 is 4.74 Å².